The van der Waals surface area contributed by atoms with E-state index in [0.29, 0.717) is 17.2 Å². The minimum Gasteiger partial charge on any atom is -0.493 e. The highest BCUT2D eigenvalue weighted by atomic mass is 16.5. The van der Waals surface area contributed by atoms with Gasteiger partial charge in [0.2, 0.25) is 11.7 Å². The van der Waals surface area contributed by atoms with Crippen molar-refractivity contribution in [1.82, 2.24) is 20.3 Å². The Morgan fingerprint density at radius 3 is 2.41 bits per heavy atom. The van der Waals surface area contributed by atoms with Crippen molar-refractivity contribution in [3.63, 3.8) is 0 Å². The molecule has 2 aromatic carbocycles. The van der Waals surface area contributed by atoms with Gasteiger partial charge in [-0.15, -0.1) is 5.10 Å². The first-order valence-electron chi connectivity index (χ1n) is 8.44. The first kappa shape index (κ1) is 18.5. The number of fused-ring (bicyclic) bond motifs is 1. The Morgan fingerprint density at radius 1 is 1.11 bits per heavy atom. The van der Waals surface area contributed by atoms with E-state index in [2.05, 4.69) is 15.6 Å². The summed E-state index contributed by atoms with van der Waals surface area (Å²) >= 11 is 0. The van der Waals surface area contributed by atoms with E-state index in [0.717, 1.165) is 16.6 Å². The third-order valence-electron chi connectivity index (χ3n) is 4.28. The van der Waals surface area contributed by atoms with Crippen LogP contribution in [0.1, 0.15) is 18.5 Å². The van der Waals surface area contributed by atoms with Gasteiger partial charge in [-0.25, -0.2) is 4.68 Å². The Labute approximate surface area is 157 Å². The number of para-hydroxylation sites is 1. The van der Waals surface area contributed by atoms with Gasteiger partial charge >= 0.3 is 0 Å². The summed E-state index contributed by atoms with van der Waals surface area (Å²) in [5.74, 6) is 1.41. The van der Waals surface area contributed by atoms with E-state index in [-0.39, 0.29) is 18.5 Å². The molecule has 1 N–H and O–H groups in total. The number of nitrogens with one attached hydrogen (secondary N) is 1. The molecule has 0 fully saturated rings. The Kier molecular flexibility index (Phi) is 5.44. The van der Waals surface area contributed by atoms with Crippen LogP contribution in [0.4, 0.5) is 0 Å². The zero-order chi connectivity index (χ0) is 19.4. The highest BCUT2D eigenvalue weighted by Crippen LogP contribution is 2.39. The van der Waals surface area contributed by atoms with E-state index in [1.807, 2.05) is 43.3 Å². The molecule has 0 aliphatic carbocycles. The van der Waals surface area contributed by atoms with Crippen LogP contribution in [0.3, 0.4) is 0 Å². The average molecular weight is 370 g/mol. The molecule has 3 rings (SSSR count). The molecule has 142 valence electrons. The van der Waals surface area contributed by atoms with Crippen LogP contribution in [0.2, 0.25) is 0 Å². The maximum absolute atomic E-state index is 12.5. The molecule has 1 unspecified atom stereocenters. The summed E-state index contributed by atoms with van der Waals surface area (Å²) in [7, 11) is 4.66. The van der Waals surface area contributed by atoms with Crippen molar-refractivity contribution in [2.24, 2.45) is 0 Å². The van der Waals surface area contributed by atoms with Gasteiger partial charge in [-0.1, -0.05) is 17.3 Å². The highest BCUT2D eigenvalue weighted by molar-refractivity contribution is 5.80. The fourth-order valence-electron chi connectivity index (χ4n) is 2.89. The van der Waals surface area contributed by atoms with Crippen molar-refractivity contribution in [2.45, 2.75) is 19.5 Å². The normalized spacial score (nSPS) is 11.9. The van der Waals surface area contributed by atoms with Crippen molar-refractivity contribution in [3.8, 4) is 17.2 Å². The summed E-state index contributed by atoms with van der Waals surface area (Å²) in [5, 5.41) is 11.1. The third-order valence-corrected chi connectivity index (χ3v) is 4.28. The van der Waals surface area contributed by atoms with Crippen LogP contribution in [-0.4, -0.2) is 42.2 Å². The molecule has 0 bridgehead atoms. The number of amides is 1. The van der Waals surface area contributed by atoms with Gasteiger partial charge in [0.05, 0.1) is 32.9 Å². The quantitative estimate of drug-likeness (QED) is 0.687. The molecule has 0 spiro atoms. The Hall–Kier alpha value is -3.29. The van der Waals surface area contributed by atoms with E-state index in [1.54, 1.807) is 26.0 Å². The summed E-state index contributed by atoms with van der Waals surface area (Å²) in [4.78, 5) is 12.5. The molecule has 0 radical (unpaired) electrons. The molecular weight excluding hydrogens is 348 g/mol. The summed E-state index contributed by atoms with van der Waals surface area (Å²) in [6.07, 6.45) is 0. The van der Waals surface area contributed by atoms with Gasteiger partial charge in [0.1, 0.15) is 12.1 Å². The topological polar surface area (TPSA) is 87.5 Å². The second kappa shape index (κ2) is 7.94. The summed E-state index contributed by atoms with van der Waals surface area (Å²) in [6, 6.07) is 10.9. The number of carbonyl (C=O) groups is 1. The van der Waals surface area contributed by atoms with Gasteiger partial charge in [-0.05, 0) is 36.8 Å². The summed E-state index contributed by atoms with van der Waals surface area (Å²) in [6.45, 7) is 1.97. The number of carbonyl (C=O) groups excluding carboxylic acids is 1. The zero-order valence-corrected chi connectivity index (χ0v) is 15.7. The number of nitrogens with zero attached hydrogens (tertiary/aromatic N) is 3. The fraction of sp³-hybridized carbons (Fsp3) is 0.316. The number of rotatable bonds is 7. The molecule has 8 nitrogen and oxygen atoms in total. The van der Waals surface area contributed by atoms with E-state index in [9.17, 15) is 4.79 Å². The van der Waals surface area contributed by atoms with E-state index in [1.165, 1.54) is 0 Å². The van der Waals surface area contributed by atoms with Crippen LogP contribution in [-0.2, 0) is 11.3 Å². The summed E-state index contributed by atoms with van der Waals surface area (Å²) in [5.41, 5.74) is 2.40. The monoisotopic (exact) mass is 370 g/mol. The number of ether oxygens (including phenoxy) is 3. The molecule has 3 aromatic rings. The maximum Gasteiger partial charge on any atom is 0.242 e. The SMILES string of the molecule is COc1cc(C(C)NC(=O)Cn2nnc3ccccc32)cc(OC)c1OC. The minimum absolute atomic E-state index is 0.0786. The van der Waals surface area contributed by atoms with Crippen LogP contribution in [0.25, 0.3) is 11.0 Å². The fourth-order valence-corrected chi connectivity index (χ4v) is 2.89. The van der Waals surface area contributed by atoms with Crippen LogP contribution in [0.5, 0.6) is 17.2 Å². The number of hydrogen-bond acceptors (Lipinski definition) is 6. The molecule has 27 heavy (non-hydrogen) atoms. The lowest BCUT2D eigenvalue weighted by molar-refractivity contribution is -0.122. The number of aromatic nitrogens is 3. The van der Waals surface area contributed by atoms with Crippen molar-refractivity contribution < 1.29 is 19.0 Å². The van der Waals surface area contributed by atoms with Crippen LogP contribution < -0.4 is 19.5 Å². The molecule has 1 heterocycles. The lowest BCUT2D eigenvalue weighted by Crippen LogP contribution is -2.30. The van der Waals surface area contributed by atoms with Gasteiger partial charge in [0, 0.05) is 0 Å². The Bertz CT molecular complexity index is 929. The molecule has 0 aliphatic heterocycles. The molecule has 1 atom stereocenters. The average Bonchev–Trinajstić information content (AvgIpc) is 3.09. The molecular formula is C19H22N4O4. The second-order valence-corrected chi connectivity index (χ2v) is 5.98. The first-order valence-corrected chi connectivity index (χ1v) is 8.44. The van der Waals surface area contributed by atoms with Crippen molar-refractivity contribution in [3.05, 3.63) is 42.0 Å². The van der Waals surface area contributed by atoms with E-state index < -0.39 is 0 Å². The number of methoxy groups -OCH3 is 3. The third kappa shape index (κ3) is 3.79. The Morgan fingerprint density at radius 2 is 1.78 bits per heavy atom. The molecule has 0 aliphatic rings. The maximum atomic E-state index is 12.5. The molecule has 8 heteroatoms. The first-order chi connectivity index (χ1) is 13.1. The second-order valence-electron chi connectivity index (χ2n) is 5.98. The highest BCUT2D eigenvalue weighted by Gasteiger charge is 2.18. The lowest BCUT2D eigenvalue weighted by atomic mass is 10.1. The molecule has 1 amide bonds. The van der Waals surface area contributed by atoms with Gasteiger partial charge < -0.3 is 19.5 Å². The van der Waals surface area contributed by atoms with Crippen LogP contribution in [0.15, 0.2) is 36.4 Å². The van der Waals surface area contributed by atoms with Gasteiger partial charge in [0.15, 0.2) is 11.5 Å². The number of benzene rings is 2. The van der Waals surface area contributed by atoms with Crippen LogP contribution >= 0.6 is 0 Å². The largest absolute Gasteiger partial charge is 0.493 e. The van der Waals surface area contributed by atoms with Crippen molar-refractivity contribution in [1.29, 1.82) is 0 Å². The van der Waals surface area contributed by atoms with E-state index >= 15 is 0 Å². The Balaban J connectivity index is 1.76. The zero-order valence-electron chi connectivity index (χ0n) is 15.7. The van der Waals surface area contributed by atoms with E-state index in [4.69, 9.17) is 14.2 Å². The van der Waals surface area contributed by atoms with Crippen molar-refractivity contribution >= 4 is 16.9 Å². The molecule has 0 saturated heterocycles. The summed E-state index contributed by atoms with van der Waals surface area (Å²) < 4.78 is 17.6. The molecule has 0 saturated carbocycles. The minimum atomic E-state index is -0.263. The lowest BCUT2D eigenvalue weighted by Gasteiger charge is -2.18. The predicted molar refractivity (Wildman–Crippen MR) is 100 cm³/mol. The van der Waals surface area contributed by atoms with Crippen LogP contribution in [0, 0.1) is 0 Å². The standard InChI is InChI=1S/C19H22N4O4/c1-12(13-9-16(25-2)19(27-4)17(10-13)26-3)20-18(24)11-23-15-8-6-5-7-14(15)21-22-23/h5-10,12H,11H2,1-4H3,(H,20,24). The predicted octanol–water partition coefficient (Wildman–Crippen LogP) is 2.33. The van der Waals surface area contributed by atoms with Crippen molar-refractivity contribution in [2.75, 3.05) is 21.3 Å². The van der Waals surface area contributed by atoms with Gasteiger partial charge in [0.25, 0.3) is 0 Å². The number of hydrogen-bond donors (Lipinski definition) is 1. The van der Waals surface area contributed by atoms with Gasteiger partial charge in [-0.3, -0.25) is 4.79 Å². The smallest absolute Gasteiger partial charge is 0.242 e. The van der Waals surface area contributed by atoms with Gasteiger partial charge in [-0.2, -0.15) is 0 Å². The molecule has 1 aromatic heterocycles.